The molecule has 0 spiro atoms. The number of hydrogen-bond donors (Lipinski definition) is 1. The Morgan fingerprint density at radius 2 is 2.08 bits per heavy atom. The van der Waals surface area contributed by atoms with E-state index in [0.29, 0.717) is 33.4 Å². The fourth-order valence-electron chi connectivity index (χ4n) is 2.25. The Labute approximate surface area is 141 Å². The van der Waals surface area contributed by atoms with Gasteiger partial charge in [-0.2, -0.15) is 4.98 Å². The molecule has 0 aliphatic heterocycles. The SMILES string of the molecule is O=C(Nc1ccc(-c2nc3ncccc3o2)c(Cl)c1)c1ccco1. The Hall–Kier alpha value is -3.12. The van der Waals surface area contributed by atoms with E-state index in [1.165, 1.54) is 6.26 Å². The summed E-state index contributed by atoms with van der Waals surface area (Å²) in [4.78, 5) is 20.4. The number of carbonyl (C=O) groups excluding carboxylic acids is 1. The lowest BCUT2D eigenvalue weighted by atomic mass is 10.2. The summed E-state index contributed by atoms with van der Waals surface area (Å²) >= 11 is 6.30. The van der Waals surface area contributed by atoms with E-state index in [0.717, 1.165) is 0 Å². The summed E-state index contributed by atoms with van der Waals surface area (Å²) in [5.74, 6) is 0.243. The highest BCUT2D eigenvalue weighted by Crippen LogP contribution is 2.31. The monoisotopic (exact) mass is 339 g/mol. The first kappa shape index (κ1) is 14.5. The van der Waals surface area contributed by atoms with Crippen LogP contribution in [0.5, 0.6) is 0 Å². The largest absolute Gasteiger partial charge is 0.459 e. The molecular weight excluding hydrogens is 330 g/mol. The zero-order chi connectivity index (χ0) is 16.5. The van der Waals surface area contributed by atoms with Crippen LogP contribution in [0.4, 0.5) is 5.69 Å². The van der Waals surface area contributed by atoms with Crippen LogP contribution in [-0.2, 0) is 0 Å². The predicted octanol–water partition coefficient (Wildman–Crippen LogP) is 4.39. The maximum absolute atomic E-state index is 12.0. The van der Waals surface area contributed by atoms with E-state index in [1.54, 1.807) is 48.7 Å². The zero-order valence-electron chi connectivity index (χ0n) is 12.2. The van der Waals surface area contributed by atoms with Gasteiger partial charge in [-0.05, 0) is 42.5 Å². The summed E-state index contributed by atoms with van der Waals surface area (Å²) in [7, 11) is 0. The van der Waals surface area contributed by atoms with Crippen LogP contribution in [0.3, 0.4) is 0 Å². The molecule has 118 valence electrons. The van der Waals surface area contributed by atoms with Crippen molar-refractivity contribution in [1.82, 2.24) is 9.97 Å². The molecule has 0 aliphatic rings. The number of amides is 1. The molecule has 0 saturated heterocycles. The normalized spacial score (nSPS) is 10.9. The molecule has 1 amide bonds. The van der Waals surface area contributed by atoms with Gasteiger partial charge in [-0.1, -0.05) is 11.6 Å². The second-order valence-corrected chi connectivity index (χ2v) is 5.38. The van der Waals surface area contributed by atoms with E-state index in [1.807, 2.05) is 0 Å². The van der Waals surface area contributed by atoms with E-state index in [-0.39, 0.29) is 11.7 Å². The van der Waals surface area contributed by atoms with Crippen LogP contribution in [0, 0.1) is 0 Å². The molecule has 3 aromatic heterocycles. The van der Waals surface area contributed by atoms with E-state index >= 15 is 0 Å². The Morgan fingerprint density at radius 1 is 1.17 bits per heavy atom. The summed E-state index contributed by atoms with van der Waals surface area (Å²) in [5.41, 5.74) is 2.25. The summed E-state index contributed by atoms with van der Waals surface area (Å²) in [5, 5.41) is 3.11. The third-order valence-electron chi connectivity index (χ3n) is 3.37. The molecule has 7 heteroatoms. The minimum atomic E-state index is -0.352. The molecule has 1 N–H and O–H groups in total. The van der Waals surface area contributed by atoms with Crippen molar-refractivity contribution in [3.8, 4) is 11.5 Å². The standard InChI is InChI=1S/C17H10ClN3O3/c18-12-9-10(20-16(22)14-4-2-8-23-14)5-6-11(12)17-21-15-13(24-17)3-1-7-19-15/h1-9H,(H,20,22). The second-order valence-electron chi connectivity index (χ2n) is 4.97. The highest BCUT2D eigenvalue weighted by molar-refractivity contribution is 6.33. The number of fused-ring (bicyclic) bond motifs is 1. The van der Waals surface area contributed by atoms with Crippen LogP contribution in [0.1, 0.15) is 10.6 Å². The number of benzene rings is 1. The fourth-order valence-corrected chi connectivity index (χ4v) is 2.51. The molecule has 0 atom stereocenters. The summed E-state index contributed by atoms with van der Waals surface area (Å²) in [6.07, 6.45) is 3.08. The lowest BCUT2D eigenvalue weighted by molar-refractivity contribution is 0.0996. The fraction of sp³-hybridized carbons (Fsp3) is 0. The number of hydrogen-bond acceptors (Lipinski definition) is 5. The topological polar surface area (TPSA) is 81.2 Å². The minimum Gasteiger partial charge on any atom is -0.459 e. The van der Waals surface area contributed by atoms with Gasteiger partial charge in [0.05, 0.1) is 16.8 Å². The van der Waals surface area contributed by atoms with E-state index < -0.39 is 0 Å². The van der Waals surface area contributed by atoms with Crippen LogP contribution in [0.25, 0.3) is 22.7 Å². The Bertz CT molecular complexity index is 992. The highest BCUT2D eigenvalue weighted by Gasteiger charge is 2.14. The lowest BCUT2D eigenvalue weighted by Crippen LogP contribution is -2.10. The average Bonchev–Trinajstić information content (AvgIpc) is 3.24. The van der Waals surface area contributed by atoms with Gasteiger partial charge >= 0.3 is 0 Å². The van der Waals surface area contributed by atoms with Crippen LogP contribution in [0.2, 0.25) is 5.02 Å². The molecule has 6 nitrogen and oxygen atoms in total. The van der Waals surface area contributed by atoms with Crippen LogP contribution >= 0.6 is 11.6 Å². The van der Waals surface area contributed by atoms with Crippen molar-refractivity contribution in [2.45, 2.75) is 0 Å². The van der Waals surface area contributed by atoms with Crippen molar-refractivity contribution in [3.63, 3.8) is 0 Å². The lowest BCUT2D eigenvalue weighted by Gasteiger charge is -2.06. The van der Waals surface area contributed by atoms with Gasteiger partial charge in [0, 0.05) is 11.9 Å². The van der Waals surface area contributed by atoms with Crippen LogP contribution in [-0.4, -0.2) is 15.9 Å². The number of aromatic nitrogens is 2. The maximum Gasteiger partial charge on any atom is 0.291 e. The quantitative estimate of drug-likeness (QED) is 0.598. The zero-order valence-corrected chi connectivity index (χ0v) is 12.9. The van der Waals surface area contributed by atoms with Gasteiger partial charge in [-0.15, -0.1) is 0 Å². The molecule has 0 fully saturated rings. The number of rotatable bonds is 3. The predicted molar refractivity (Wildman–Crippen MR) is 88.9 cm³/mol. The Balaban J connectivity index is 1.63. The van der Waals surface area contributed by atoms with Gasteiger partial charge in [0.15, 0.2) is 17.0 Å². The summed E-state index contributed by atoms with van der Waals surface area (Å²) < 4.78 is 10.7. The van der Waals surface area contributed by atoms with Crippen molar-refractivity contribution in [3.05, 3.63) is 65.7 Å². The van der Waals surface area contributed by atoms with Gasteiger partial charge in [0.2, 0.25) is 5.89 Å². The van der Waals surface area contributed by atoms with Gasteiger partial charge in [-0.25, -0.2) is 4.98 Å². The molecular formula is C17H10ClN3O3. The van der Waals surface area contributed by atoms with Crippen molar-refractivity contribution in [1.29, 1.82) is 0 Å². The smallest absolute Gasteiger partial charge is 0.291 e. The third kappa shape index (κ3) is 2.63. The van der Waals surface area contributed by atoms with E-state index in [4.69, 9.17) is 20.4 Å². The number of oxazole rings is 1. The first-order valence-corrected chi connectivity index (χ1v) is 7.45. The average molecular weight is 340 g/mol. The Morgan fingerprint density at radius 3 is 2.83 bits per heavy atom. The van der Waals surface area contributed by atoms with Crippen molar-refractivity contribution < 1.29 is 13.6 Å². The first-order chi connectivity index (χ1) is 11.7. The highest BCUT2D eigenvalue weighted by atomic mass is 35.5. The maximum atomic E-state index is 12.0. The van der Waals surface area contributed by atoms with Gasteiger partial charge in [0.1, 0.15) is 0 Å². The van der Waals surface area contributed by atoms with Crippen LogP contribution < -0.4 is 5.32 Å². The molecule has 0 aliphatic carbocycles. The number of pyridine rings is 1. The van der Waals surface area contributed by atoms with Gasteiger partial charge in [-0.3, -0.25) is 4.79 Å². The first-order valence-electron chi connectivity index (χ1n) is 7.07. The number of anilines is 1. The molecule has 4 rings (SSSR count). The molecule has 1 aromatic carbocycles. The molecule has 0 bridgehead atoms. The number of halogens is 1. The molecule has 24 heavy (non-hydrogen) atoms. The third-order valence-corrected chi connectivity index (χ3v) is 3.68. The molecule has 4 aromatic rings. The van der Waals surface area contributed by atoms with E-state index in [9.17, 15) is 4.79 Å². The van der Waals surface area contributed by atoms with Crippen molar-refractivity contribution >= 4 is 34.4 Å². The molecule has 0 saturated carbocycles. The number of furan rings is 1. The summed E-state index contributed by atoms with van der Waals surface area (Å²) in [6, 6.07) is 11.8. The van der Waals surface area contributed by atoms with Crippen LogP contribution in [0.15, 0.2) is 63.8 Å². The van der Waals surface area contributed by atoms with Gasteiger partial charge < -0.3 is 14.2 Å². The molecule has 0 unspecified atom stereocenters. The molecule has 3 heterocycles. The van der Waals surface area contributed by atoms with E-state index in [2.05, 4.69) is 15.3 Å². The number of carbonyl (C=O) groups is 1. The summed E-state index contributed by atoms with van der Waals surface area (Å²) in [6.45, 7) is 0. The van der Waals surface area contributed by atoms with Crippen molar-refractivity contribution in [2.24, 2.45) is 0 Å². The second kappa shape index (κ2) is 5.82. The van der Waals surface area contributed by atoms with Gasteiger partial charge in [0.25, 0.3) is 5.91 Å². The number of nitrogens with one attached hydrogen (secondary N) is 1. The molecule has 0 radical (unpaired) electrons. The minimum absolute atomic E-state index is 0.222. The number of nitrogens with zero attached hydrogens (tertiary/aromatic N) is 2. The van der Waals surface area contributed by atoms with Crippen molar-refractivity contribution in [2.75, 3.05) is 5.32 Å². The Kier molecular flexibility index (Phi) is 3.51.